The summed E-state index contributed by atoms with van der Waals surface area (Å²) in [6, 6.07) is 0. The fourth-order valence-electron chi connectivity index (χ4n) is 2.87. The highest BCUT2D eigenvalue weighted by molar-refractivity contribution is 5.66. The molecule has 4 heteroatoms. The van der Waals surface area contributed by atoms with Crippen molar-refractivity contribution in [2.75, 3.05) is 0 Å². The van der Waals surface area contributed by atoms with Gasteiger partial charge in [0.2, 0.25) is 0 Å². The summed E-state index contributed by atoms with van der Waals surface area (Å²) in [5, 5.41) is 8.48. The number of hydrogen-bond donors (Lipinski definition) is 1. The summed E-state index contributed by atoms with van der Waals surface area (Å²) < 4.78 is 5.72. The Kier molecular flexibility index (Phi) is 4.38. The second-order valence-electron chi connectivity index (χ2n) is 4.97. The van der Waals surface area contributed by atoms with Crippen molar-refractivity contribution in [2.24, 2.45) is 11.8 Å². The lowest BCUT2D eigenvalue weighted by atomic mass is 9.78. The Hall–Kier alpha value is -1.34. The molecule has 0 radical (unpaired) electrons. The molecule has 0 saturated carbocycles. The molecular weight excluding hydrogens is 232 g/mol. The van der Waals surface area contributed by atoms with Crippen LogP contribution in [0.15, 0.2) is 0 Å². The minimum atomic E-state index is -0.778. The molecule has 4 nitrogen and oxygen atoms in total. The number of carbonyl (C=O) groups is 2. The van der Waals surface area contributed by atoms with Gasteiger partial charge in [0.15, 0.2) is 0 Å². The van der Waals surface area contributed by atoms with Gasteiger partial charge in [-0.25, -0.2) is 0 Å². The van der Waals surface area contributed by atoms with E-state index < -0.39 is 5.97 Å². The molecule has 0 aromatic rings. The summed E-state index contributed by atoms with van der Waals surface area (Å²) in [6.07, 6.45) is 5.44. The van der Waals surface area contributed by atoms with Crippen LogP contribution >= 0.6 is 0 Å². The molecule has 0 aromatic heterocycles. The number of rotatable bonds is 5. The van der Waals surface area contributed by atoms with Gasteiger partial charge in [-0.2, -0.15) is 0 Å². The first-order valence-electron chi connectivity index (χ1n) is 6.50. The predicted molar refractivity (Wildman–Crippen MR) is 64.8 cm³/mol. The summed E-state index contributed by atoms with van der Waals surface area (Å²) >= 11 is 0. The zero-order chi connectivity index (χ0) is 13.0. The summed E-state index contributed by atoms with van der Waals surface area (Å²) in [4.78, 5) is 21.3. The van der Waals surface area contributed by atoms with Gasteiger partial charge < -0.3 is 14.6 Å². The van der Waals surface area contributed by atoms with E-state index in [-0.39, 0.29) is 30.5 Å². The van der Waals surface area contributed by atoms with Crippen LogP contribution in [0.4, 0.5) is 0 Å². The van der Waals surface area contributed by atoms with Crippen LogP contribution in [-0.4, -0.2) is 29.6 Å². The average molecular weight is 250 g/mol. The van der Waals surface area contributed by atoms with Gasteiger partial charge in [-0.15, -0.1) is 11.8 Å². The molecule has 2 bridgehead atoms. The number of fused-ring (bicyclic) bond motifs is 2. The zero-order valence-electron chi connectivity index (χ0n) is 10.3. The van der Waals surface area contributed by atoms with Gasteiger partial charge in [-0.3, -0.25) is 4.79 Å². The van der Waals surface area contributed by atoms with Crippen molar-refractivity contribution < 1.29 is 19.4 Å². The van der Waals surface area contributed by atoms with Gasteiger partial charge in [-0.1, -0.05) is 0 Å². The minimum Gasteiger partial charge on any atom is -0.481 e. The van der Waals surface area contributed by atoms with Gasteiger partial charge in [0.1, 0.15) is 6.29 Å². The third kappa shape index (κ3) is 2.91. The number of hydrogen-bond acceptors (Lipinski definition) is 3. The van der Waals surface area contributed by atoms with E-state index in [2.05, 4.69) is 11.8 Å². The van der Waals surface area contributed by atoms with Crippen molar-refractivity contribution in [2.45, 2.75) is 50.7 Å². The van der Waals surface area contributed by atoms with Crippen LogP contribution in [0.2, 0.25) is 0 Å². The average Bonchev–Trinajstić information content (AvgIpc) is 2.93. The largest absolute Gasteiger partial charge is 0.481 e. The van der Waals surface area contributed by atoms with E-state index in [1.807, 2.05) is 0 Å². The second-order valence-corrected chi connectivity index (χ2v) is 4.97. The molecule has 4 atom stereocenters. The molecule has 2 aliphatic heterocycles. The van der Waals surface area contributed by atoms with Gasteiger partial charge in [0, 0.05) is 31.1 Å². The summed E-state index contributed by atoms with van der Waals surface area (Å²) in [5.74, 6) is 5.53. The molecule has 0 aliphatic carbocycles. The molecule has 2 aliphatic rings. The molecule has 0 spiro atoms. The Bertz CT molecular complexity index is 379. The van der Waals surface area contributed by atoms with Crippen LogP contribution in [0.3, 0.4) is 0 Å². The molecule has 0 aromatic carbocycles. The number of unbranched alkanes of at least 4 members (excludes halogenated alkanes) is 1. The smallest absolute Gasteiger partial charge is 0.303 e. The number of carbonyl (C=O) groups excluding carboxylic acids is 1. The molecule has 0 amide bonds. The molecular formula is C14H18O4. The Labute approximate surface area is 107 Å². The zero-order valence-corrected chi connectivity index (χ0v) is 10.3. The van der Waals surface area contributed by atoms with Crippen molar-refractivity contribution in [3.05, 3.63) is 0 Å². The quantitative estimate of drug-likeness (QED) is 0.457. The van der Waals surface area contributed by atoms with Crippen molar-refractivity contribution >= 4 is 12.3 Å². The maximum atomic E-state index is 11.0. The van der Waals surface area contributed by atoms with Crippen molar-refractivity contribution in [3.63, 3.8) is 0 Å². The number of carboxylic acids is 1. The molecule has 2 heterocycles. The fraction of sp³-hybridized carbons (Fsp3) is 0.714. The van der Waals surface area contributed by atoms with Gasteiger partial charge in [-0.05, 0) is 19.3 Å². The third-order valence-electron chi connectivity index (χ3n) is 3.80. The highest BCUT2D eigenvalue weighted by Gasteiger charge is 2.48. The van der Waals surface area contributed by atoms with Gasteiger partial charge >= 0.3 is 5.97 Å². The third-order valence-corrected chi connectivity index (χ3v) is 3.80. The van der Waals surface area contributed by atoms with Crippen molar-refractivity contribution in [1.82, 2.24) is 0 Å². The first kappa shape index (κ1) is 13.1. The van der Waals surface area contributed by atoms with E-state index >= 15 is 0 Å². The normalized spacial score (nSPS) is 32.9. The summed E-state index contributed by atoms with van der Waals surface area (Å²) in [5.41, 5.74) is 0. The number of aliphatic carboxylic acids is 1. The highest BCUT2D eigenvalue weighted by atomic mass is 16.5. The standard InChI is InChI=1S/C14H18O4/c15-9-11-10(12-7-8-13(11)18-12)5-3-1-2-4-6-14(16)17/h9-13H,2,4-8H2,(H,16,17)/t10-,11+,12-,13+/m1/s1. The lowest BCUT2D eigenvalue weighted by molar-refractivity contribution is -0.137. The molecule has 2 saturated heterocycles. The Morgan fingerprint density at radius 2 is 2.11 bits per heavy atom. The van der Waals surface area contributed by atoms with Crippen molar-refractivity contribution in [1.29, 1.82) is 0 Å². The highest BCUT2D eigenvalue weighted by Crippen LogP contribution is 2.43. The first-order valence-corrected chi connectivity index (χ1v) is 6.50. The monoisotopic (exact) mass is 250 g/mol. The van der Waals surface area contributed by atoms with Crippen LogP contribution < -0.4 is 0 Å². The van der Waals surface area contributed by atoms with Crippen LogP contribution in [0, 0.1) is 23.7 Å². The molecule has 2 rings (SSSR count). The Morgan fingerprint density at radius 3 is 2.83 bits per heavy atom. The second kappa shape index (κ2) is 6.01. The molecule has 0 unspecified atom stereocenters. The molecule has 98 valence electrons. The van der Waals surface area contributed by atoms with Gasteiger partial charge in [0.25, 0.3) is 0 Å². The molecule has 1 N–H and O–H groups in total. The Balaban J connectivity index is 1.74. The minimum absolute atomic E-state index is 0.0112. The van der Waals surface area contributed by atoms with Crippen LogP contribution in [-0.2, 0) is 14.3 Å². The van der Waals surface area contributed by atoms with E-state index in [1.54, 1.807) is 0 Å². The molecule has 18 heavy (non-hydrogen) atoms. The van der Waals surface area contributed by atoms with Gasteiger partial charge in [0.05, 0.1) is 12.2 Å². The van der Waals surface area contributed by atoms with E-state index in [9.17, 15) is 9.59 Å². The maximum absolute atomic E-state index is 11.0. The topological polar surface area (TPSA) is 63.6 Å². The van der Waals surface area contributed by atoms with Crippen LogP contribution in [0.5, 0.6) is 0 Å². The number of carboxylic acid groups (broad SMARTS) is 1. The summed E-state index contributed by atoms with van der Waals surface area (Å²) in [6.45, 7) is 0. The van der Waals surface area contributed by atoms with E-state index in [0.717, 1.165) is 19.1 Å². The lowest BCUT2D eigenvalue weighted by Crippen LogP contribution is -2.27. The maximum Gasteiger partial charge on any atom is 0.303 e. The van der Waals surface area contributed by atoms with E-state index in [0.29, 0.717) is 19.3 Å². The van der Waals surface area contributed by atoms with Crippen molar-refractivity contribution in [3.8, 4) is 11.8 Å². The SMILES string of the molecule is O=C[C@H]1[C@@H](CC#CCCCC(=O)O)[C@H]2CC[C@@H]1O2. The first-order chi connectivity index (χ1) is 8.72. The Morgan fingerprint density at radius 1 is 1.33 bits per heavy atom. The number of aldehydes is 1. The predicted octanol–water partition coefficient (Wildman–Crippen LogP) is 1.63. The summed E-state index contributed by atoms with van der Waals surface area (Å²) in [7, 11) is 0. The van der Waals surface area contributed by atoms with Crippen LogP contribution in [0.25, 0.3) is 0 Å². The number of ether oxygens (including phenoxy) is 1. The van der Waals surface area contributed by atoms with Crippen LogP contribution in [0.1, 0.15) is 38.5 Å². The lowest BCUT2D eigenvalue weighted by Gasteiger charge is -2.21. The fourth-order valence-corrected chi connectivity index (χ4v) is 2.87. The van der Waals surface area contributed by atoms with E-state index in [4.69, 9.17) is 9.84 Å². The van der Waals surface area contributed by atoms with E-state index in [1.165, 1.54) is 0 Å². The molecule has 2 fully saturated rings.